The highest BCUT2D eigenvalue weighted by Crippen LogP contribution is 2.03. The van der Waals surface area contributed by atoms with Crippen LogP contribution in [0.4, 0.5) is 4.79 Å². The minimum atomic E-state index is -0.908. The second-order valence-corrected chi connectivity index (χ2v) is 8.43. The van der Waals surface area contributed by atoms with Crippen molar-refractivity contribution in [1.29, 1.82) is 0 Å². The standard InChI is InChI=1S/C22H37N3O4/c1-25(2,3)18-20(17-21(26)27)24-22(28)23-14-9-4-5-10-15-29-16-13-19-11-7-6-8-12-19/h6-8,11-12,20H,4-5,9-10,13-18H2,1-3H3,(H2-,23,24,26,27,28)/p+1. The van der Waals surface area contributed by atoms with E-state index in [1.165, 1.54) is 5.56 Å². The summed E-state index contributed by atoms with van der Waals surface area (Å²) in [6, 6.07) is 9.63. The van der Waals surface area contributed by atoms with E-state index >= 15 is 0 Å². The molecule has 0 aliphatic heterocycles. The lowest BCUT2D eigenvalue weighted by Gasteiger charge is -2.29. The second-order valence-electron chi connectivity index (χ2n) is 8.43. The summed E-state index contributed by atoms with van der Waals surface area (Å²) >= 11 is 0. The van der Waals surface area contributed by atoms with Crippen LogP contribution in [0.15, 0.2) is 30.3 Å². The van der Waals surface area contributed by atoms with Crippen LogP contribution in [-0.2, 0) is 16.0 Å². The molecule has 0 heterocycles. The molecule has 2 amide bonds. The van der Waals surface area contributed by atoms with Crippen molar-refractivity contribution in [1.82, 2.24) is 10.6 Å². The first kappa shape index (κ1) is 24.9. The minimum absolute atomic E-state index is 0.0762. The van der Waals surface area contributed by atoms with Gasteiger partial charge >= 0.3 is 12.0 Å². The highest BCUT2D eigenvalue weighted by atomic mass is 16.5. The molecule has 0 aromatic heterocycles. The number of hydrogen-bond donors (Lipinski definition) is 3. The Morgan fingerprint density at radius 2 is 1.72 bits per heavy atom. The van der Waals surface area contributed by atoms with Gasteiger partial charge in [0.1, 0.15) is 0 Å². The van der Waals surface area contributed by atoms with Crippen LogP contribution in [-0.4, -0.2) is 75.1 Å². The van der Waals surface area contributed by atoms with Gasteiger partial charge in [-0.25, -0.2) is 4.79 Å². The first-order valence-electron chi connectivity index (χ1n) is 10.4. The van der Waals surface area contributed by atoms with Crippen LogP contribution in [0.25, 0.3) is 0 Å². The lowest BCUT2D eigenvalue weighted by atomic mass is 10.2. The summed E-state index contributed by atoms with van der Waals surface area (Å²) in [7, 11) is 5.92. The number of ether oxygens (including phenoxy) is 1. The number of benzene rings is 1. The first-order chi connectivity index (χ1) is 13.8. The summed E-state index contributed by atoms with van der Waals surface area (Å²) in [4.78, 5) is 23.0. The number of unbranched alkanes of at least 4 members (excludes halogenated alkanes) is 3. The number of quaternary nitrogens is 1. The number of likely N-dealkylation sites (N-methyl/N-ethyl adjacent to an activating group) is 1. The van der Waals surface area contributed by atoms with Crippen molar-refractivity contribution in [2.24, 2.45) is 0 Å². The molecular formula is C22H38N3O4+. The topological polar surface area (TPSA) is 87.7 Å². The van der Waals surface area contributed by atoms with Gasteiger partial charge in [0.15, 0.2) is 0 Å². The molecule has 3 N–H and O–H groups in total. The van der Waals surface area contributed by atoms with Gasteiger partial charge in [0.05, 0.1) is 46.8 Å². The molecule has 1 rings (SSSR count). The zero-order chi connectivity index (χ0) is 21.5. The number of rotatable bonds is 15. The van der Waals surface area contributed by atoms with Crippen molar-refractivity contribution in [3.05, 3.63) is 35.9 Å². The van der Waals surface area contributed by atoms with Crippen molar-refractivity contribution >= 4 is 12.0 Å². The molecule has 0 saturated heterocycles. The Morgan fingerprint density at radius 1 is 1.03 bits per heavy atom. The quantitative estimate of drug-likeness (QED) is 0.308. The maximum absolute atomic E-state index is 12.0. The van der Waals surface area contributed by atoms with Crippen LogP contribution in [0, 0.1) is 0 Å². The summed E-state index contributed by atoms with van der Waals surface area (Å²) in [5.41, 5.74) is 1.30. The second kappa shape index (κ2) is 14.0. The van der Waals surface area contributed by atoms with Crippen LogP contribution in [0.2, 0.25) is 0 Å². The smallest absolute Gasteiger partial charge is 0.315 e. The van der Waals surface area contributed by atoms with Gasteiger partial charge in [-0.05, 0) is 24.8 Å². The molecule has 29 heavy (non-hydrogen) atoms. The number of amides is 2. The lowest BCUT2D eigenvalue weighted by Crippen LogP contribution is -2.52. The highest BCUT2D eigenvalue weighted by molar-refractivity contribution is 5.75. The predicted molar refractivity (Wildman–Crippen MR) is 115 cm³/mol. The number of carboxylic acids is 1. The Bertz CT molecular complexity index is 587. The van der Waals surface area contributed by atoms with Crippen molar-refractivity contribution < 1.29 is 23.9 Å². The molecule has 1 aromatic carbocycles. The number of hydrogen-bond acceptors (Lipinski definition) is 3. The average molecular weight is 409 g/mol. The number of nitrogens with zero attached hydrogens (tertiary/aromatic N) is 1. The normalized spacial score (nSPS) is 12.4. The van der Waals surface area contributed by atoms with Gasteiger partial charge in [0.2, 0.25) is 0 Å². The summed E-state index contributed by atoms with van der Waals surface area (Å²) in [6.07, 6.45) is 4.88. The monoisotopic (exact) mass is 408 g/mol. The summed E-state index contributed by atoms with van der Waals surface area (Å²) in [5, 5.41) is 14.6. The number of aliphatic carboxylic acids is 1. The Kier molecular flexibility index (Phi) is 12.0. The van der Waals surface area contributed by atoms with E-state index in [1.54, 1.807) is 0 Å². The van der Waals surface area contributed by atoms with Gasteiger partial charge in [-0.2, -0.15) is 0 Å². The van der Waals surface area contributed by atoms with Gasteiger partial charge in [0.25, 0.3) is 0 Å². The molecule has 0 radical (unpaired) electrons. The van der Waals surface area contributed by atoms with Crippen LogP contribution < -0.4 is 10.6 Å². The molecular weight excluding hydrogens is 370 g/mol. The third-order valence-electron chi connectivity index (χ3n) is 4.40. The van der Waals surface area contributed by atoms with Crippen molar-refractivity contribution in [2.75, 3.05) is 47.4 Å². The molecule has 1 unspecified atom stereocenters. The van der Waals surface area contributed by atoms with E-state index in [9.17, 15) is 9.59 Å². The average Bonchev–Trinajstić information content (AvgIpc) is 2.62. The van der Waals surface area contributed by atoms with Crippen LogP contribution in [0.1, 0.15) is 37.7 Å². The number of urea groups is 1. The van der Waals surface area contributed by atoms with Gasteiger partial charge in [-0.15, -0.1) is 0 Å². The van der Waals surface area contributed by atoms with E-state index in [0.29, 0.717) is 17.6 Å². The molecule has 0 fully saturated rings. The van der Waals surface area contributed by atoms with E-state index in [1.807, 2.05) is 39.3 Å². The van der Waals surface area contributed by atoms with Gasteiger partial charge in [-0.1, -0.05) is 43.2 Å². The molecule has 7 heteroatoms. The summed E-state index contributed by atoms with van der Waals surface area (Å²) in [5.74, 6) is -0.908. The largest absolute Gasteiger partial charge is 0.481 e. The minimum Gasteiger partial charge on any atom is -0.481 e. The SMILES string of the molecule is C[N+](C)(C)CC(CC(=O)O)NC(=O)NCCCCCCOCCc1ccccc1. The zero-order valence-electron chi connectivity index (χ0n) is 18.2. The molecule has 0 aliphatic rings. The Labute approximate surface area is 175 Å². The molecule has 7 nitrogen and oxygen atoms in total. The van der Waals surface area contributed by atoms with E-state index in [4.69, 9.17) is 9.84 Å². The molecule has 0 aliphatic carbocycles. The summed E-state index contributed by atoms with van der Waals surface area (Å²) < 4.78 is 6.26. The number of carbonyl (C=O) groups excluding carboxylic acids is 1. The van der Waals surface area contributed by atoms with Crippen LogP contribution in [0.5, 0.6) is 0 Å². The molecule has 1 aromatic rings. The molecule has 0 saturated carbocycles. The highest BCUT2D eigenvalue weighted by Gasteiger charge is 2.22. The van der Waals surface area contributed by atoms with Crippen LogP contribution in [0.3, 0.4) is 0 Å². The fourth-order valence-corrected chi connectivity index (χ4v) is 3.09. The number of carboxylic acid groups (broad SMARTS) is 1. The van der Waals surface area contributed by atoms with Crippen LogP contribution >= 0.6 is 0 Å². The number of carbonyl (C=O) groups is 2. The number of nitrogens with one attached hydrogen (secondary N) is 2. The third-order valence-corrected chi connectivity index (χ3v) is 4.40. The molecule has 1 atom stereocenters. The predicted octanol–water partition coefficient (Wildman–Crippen LogP) is 2.65. The van der Waals surface area contributed by atoms with Gasteiger partial charge in [0, 0.05) is 13.2 Å². The zero-order valence-corrected chi connectivity index (χ0v) is 18.2. The van der Waals surface area contributed by atoms with Crippen molar-refractivity contribution in [2.45, 2.75) is 44.6 Å². The fraction of sp³-hybridized carbons (Fsp3) is 0.636. The third kappa shape index (κ3) is 14.5. The first-order valence-corrected chi connectivity index (χ1v) is 10.4. The van der Waals surface area contributed by atoms with E-state index in [2.05, 4.69) is 22.8 Å². The molecule has 0 spiro atoms. The molecule has 0 bridgehead atoms. The maximum Gasteiger partial charge on any atom is 0.315 e. The van der Waals surface area contributed by atoms with E-state index < -0.39 is 5.97 Å². The van der Waals surface area contributed by atoms with E-state index in [0.717, 1.165) is 45.3 Å². The Hall–Kier alpha value is -2.12. The summed E-state index contributed by atoms with van der Waals surface area (Å²) in [6.45, 7) is 2.66. The maximum atomic E-state index is 12.0. The molecule has 164 valence electrons. The Balaban J connectivity index is 2.02. The van der Waals surface area contributed by atoms with Gasteiger partial charge < -0.3 is 25.0 Å². The fourth-order valence-electron chi connectivity index (χ4n) is 3.09. The van der Waals surface area contributed by atoms with Crippen molar-refractivity contribution in [3.63, 3.8) is 0 Å². The van der Waals surface area contributed by atoms with E-state index in [-0.39, 0.29) is 18.5 Å². The lowest BCUT2D eigenvalue weighted by molar-refractivity contribution is -0.871. The van der Waals surface area contributed by atoms with Crippen molar-refractivity contribution in [3.8, 4) is 0 Å². The van der Waals surface area contributed by atoms with Gasteiger partial charge in [-0.3, -0.25) is 4.79 Å². The Morgan fingerprint density at radius 3 is 2.38 bits per heavy atom.